The van der Waals surface area contributed by atoms with Crippen molar-refractivity contribution in [3.63, 3.8) is 0 Å². The molecule has 1 unspecified atom stereocenters. The Morgan fingerprint density at radius 2 is 2.36 bits per heavy atom. The van der Waals surface area contributed by atoms with Crippen LogP contribution in [0.4, 0.5) is 0 Å². The number of nitrogens with two attached hydrogens (primary N) is 1. The molecule has 0 aromatic heterocycles. The first-order valence-corrected chi connectivity index (χ1v) is 5.56. The van der Waals surface area contributed by atoms with Gasteiger partial charge in [0.2, 0.25) is 0 Å². The van der Waals surface area contributed by atoms with Gasteiger partial charge in [0, 0.05) is 12.5 Å². The molecule has 1 atom stereocenters. The smallest absolute Gasteiger partial charge is 0.122 e. The van der Waals surface area contributed by atoms with Crippen LogP contribution in [0, 0.1) is 0 Å². The quantitative estimate of drug-likeness (QED) is 0.746. The molecular weight excluding hydrogens is 194 g/mol. The van der Waals surface area contributed by atoms with E-state index in [2.05, 4.69) is 24.8 Å². The van der Waals surface area contributed by atoms with Gasteiger partial charge < -0.3 is 10.5 Å². The summed E-state index contributed by atoms with van der Waals surface area (Å²) in [5.74, 6) is 1.85. The fraction of sp³-hybridized carbons (Fsp3) is 0.455. The highest BCUT2D eigenvalue weighted by Crippen LogP contribution is 2.28. The molecule has 1 aliphatic rings. The molecule has 0 saturated heterocycles. The predicted octanol–water partition coefficient (Wildman–Crippen LogP) is 1.94. The summed E-state index contributed by atoms with van der Waals surface area (Å²) in [7, 11) is 0. The predicted molar refractivity (Wildman–Crippen MR) is 61.0 cm³/mol. The molecule has 2 N–H and O–H groups in total. The van der Waals surface area contributed by atoms with Crippen molar-refractivity contribution in [3.8, 4) is 5.75 Å². The number of fused-ring (bicyclic) bond motifs is 1. The molecule has 76 valence electrons. The lowest BCUT2D eigenvalue weighted by molar-refractivity contribution is 0.357. The Labute approximate surface area is 89.9 Å². The molecule has 0 bridgehead atoms. The summed E-state index contributed by atoms with van der Waals surface area (Å²) in [4.78, 5) is 0. The summed E-state index contributed by atoms with van der Waals surface area (Å²) >= 11 is 4.19. The van der Waals surface area contributed by atoms with Gasteiger partial charge in [-0.3, -0.25) is 0 Å². The molecule has 1 heterocycles. The van der Waals surface area contributed by atoms with Crippen LogP contribution in [0.2, 0.25) is 0 Å². The van der Waals surface area contributed by atoms with E-state index >= 15 is 0 Å². The van der Waals surface area contributed by atoms with E-state index in [1.807, 2.05) is 6.07 Å². The van der Waals surface area contributed by atoms with E-state index in [1.54, 1.807) is 0 Å². The lowest BCUT2D eigenvalue weighted by Crippen LogP contribution is -2.10. The summed E-state index contributed by atoms with van der Waals surface area (Å²) < 4.78 is 5.44. The maximum atomic E-state index is 6.01. The third-order valence-corrected chi connectivity index (χ3v) is 2.84. The molecule has 0 fully saturated rings. The summed E-state index contributed by atoms with van der Waals surface area (Å²) in [5, 5.41) is 0. The number of rotatable bonds is 3. The first kappa shape index (κ1) is 9.87. The van der Waals surface area contributed by atoms with Crippen LogP contribution in [0.5, 0.6) is 5.75 Å². The zero-order chi connectivity index (χ0) is 9.97. The summed E-state index contributed by atoms with van der Waals surface area (Å²) in [5.41, 5.74) is 8.50. The van der Waals surface area contributed by atoms with Gasteiger partial charge in [-0.1, -0.05) is 12.1 Å². The fourth-order valence-electron chi connectivity index (χ4n) is 1.74. The van der Waals surface area contributed by atoms with Crippen molar-refractivity contribution in [2.45, 2.75) is 18.9 Å². The van der Waals surface area contributed by atoms with Crippen molar-refractivity contribution in [3.05, 3.63) is 29.3 Å². The molecule has 14 heavy (non-hydrogen) atoms. The number of hydrogen-bond acceptors (Lipinski definition) is 3. The molecule has 3 heteroatoms. The largest absolute Gasteiger partial charge is 0.493 e. The van der Waals surface area contributed by atoms with Crippen LogP contribution in [0.1, 0.15) is 23.6 Å². The molecular formula is C11H15NOS. The average molecular weight is 209 g/mol. The Balaban J connectivity index is 2.19. The van der Waals surface area contributed by atoms with Crippen molar-refractivity contribution >= 4 is 12.6 Å². The van der Waals surface area contributed by atoms with Crippen molar-refractivity contribution in [1.82, 2.24) is 0 Å². The van der Waals surface area contributed by atoms with Crippen molar-refractivity contribution in [2.75, 3.05) is 12.4 Å². The van der Waals surface area contributed by atoms with Crippen LogP contribution >= 0.6 is 12.6 Å². The standard InChI is InChI=1S/C11H15NOS/c12-10(4-6-14)8-1-2-11-9(7-8)3-5-13-11/h1-2,7,10,14H,3-6,12H2. The summed E-state index contributed by atoms with van der Waals surface area (Å²) in [6.45, 7) is 0.806. The zero-order valence-electron chi connectivity index (χ0n) is 8.07. The Morgan fingerprint density at radius 1 is 1.50 bits per heavy atom. The number of benzene rings is 1. The van der Waals surface area contributed by atoms with Gasteiger partial charge in [0.25, 0.3) is 0 Å². The van der Waals surface area contributed by atoms with Crippen LogP contribution in [0.15, 0.2) is 18.2 Å². The van der Waals surface area contributed by atoms with Crippen molar-refractivity contribution in [1.29, 1.82) is 0 Å². The monoisotopic (exact) mass is 209 g/mol. The number of hydrogen-bond donors (Lipinski definition) is 2. The van der Waals surface area contributed by atoms with Gasteiger partial charge in [-0.2, -0.15) is 12.6 Å². The maximum Gasteiger partial charge on any atom is 0.122 e. The molecule has 0 radical (unpaired) electrons. The molecule has 2 rings (SSSR count). The second-order valence-corrected chi connectivity index (χ2v) is 4.03. The highest BCUT2D eigenvalue weighted by Gasteiger charge is 2.14. The van der Waals surface area contributed by atoms with Crippen molar-refractivity contribution < 1.29 is 4.74 Å². The van der Waals surface area contributed by atoms with Crippen LogP contribution in [0.3, 0.4) is 0 Å². The number of thiol groups is 1. The van der Waals surface area contributed by atoms with E-state index in [-0.39, 0.29) is 6.04 Å². The molecule has 1 aromatic carbocycles. The minimum Gasteiger partial charge on any atom is -0.493 e. The van der Waals surface area contributed by atoms with Gasteiger partial charge in [-0.05, 0) is 29.4 Å². The lowest BCUT2D eigenvalue weighted by atomic mass is 10.0. The molecule has 1 aliphatic heterocycles. The Morgan fingerprint density at radius 3 is 3.14 bits per heavy atom. The Bertz CT molecular complexity index is 327. The SMILES string of the molecule is NC(CCS)c1ccc2c(c1)CCO2. The lowest BCUT2D eigenvalue weighted by Gasteiger charge is -2.11. The van der Waals surface area contributed by atoms with Gasteiger partial charge in [-0.15, -0.1) is 0 Å². The first-order valence-electron chi connectivity index (χ1n) is 4.93. The molecule has 0 aliphatic carbocycles. The fourth-order valence-corrected chi connectivity index (χ4v) is 2.02. The molecule has 0 saturated carbocycles. The second-order valence-electron chi connectivity index (χ2n) is 3.58. The minimum atomic E-state index is 0.110. The van der Waals surface area contributed by atoms with Gasteiger partial charge in [0.1, 0.15) is 5.75 Å². The zero-order valence-corrected chi connectivity index (χ0v) is 8.97. The minimum absolute atomic E-state index is 0.110. The van der Waals surface area contributed by atoms with E-state index in [0.717, 1.165) is 31.0 Å². The van der Waals surface area contributed by atoms with Crippen LogP contribution in [-0.4, -0.2) is 12.4 Å². The highest BCUT2D eigenvalue weighted by atomic mass is 32.1. The average Bonchev–Trinajstić information content (AvgIpc) is 2.64. The second kappa shape index (κ2) is 4.24. The van der Waals surface area contributed by atoms with E-state index in [0.29, 0.717) is 0 Å². The molecule has 0 spiro atoms. The van der Waals surface area contributed by atoms with Crippen LogP contribution in [0.25, 0.3) is 0 Å². The van der Waals surface area contributed by atoms with E-state index in [9.17, 15) is 0 Å². The van der Waals surface area contributed by atoms with Gasteiger partial charge >= 0.3 is 0 Å². The van der Waals surface area contributed by atoms with Gasteiger partial charge in [0.15, 0.2) is 0 Å². The van der Waals surface area contributed by atoms with Crippen molar-refractivity contribution in [2.24, 2.45) is 5.73 Å². The molecule has 1 aromatic rings. The van der Waals surface area contributed by atoms with Crippen LogP contribution in [-0.2, 0) is 6.42 Å². The van der Waals surface area contributed by atoms with Gasteiger partial charge in [-0.25, -0.2) is 0 Å². The third kappa shape index (κ3) is 1.88. The van der Waals surface area contributed by atoms with E-state index < -0.39 is 0 Å². The van der Waals surface area contributed by atoms with E-state index in [4.69, 9.17) is 10.5 Å². The Kier molecular flexibility index (Phi) is 2.99. The highest BCUT2D eigenvalue weighted by molar-refractivity contribution is 7.80. The first-order chi connectivity index (χ1) is 6.81. The molecule has 2 nitrogen and oxygen atoms in total. The Hall–Kier alpha value is -0.670. The summed E-state index contributed by atoms with van der Waals surface area (Å²) in [6.07, 6.45) is 1.93. The van der Waals surface area contributed by atoms with E-state index in [1.165, 1.54) is 11.1 Å². The topological polar surface area (TPSA) is 35.2 Å². The molecule has 0 amide bonds. The maximum absolute atomic E-state index is 6.01. The van der Waals surface area contributed by atoms with Gasteiger partial charge in [0.05, 0.1) is 6.61 Å². The summed E-state index contributed by atoms with van der Waals surface area (Å²) in [6, 6.07) is 6.35. The normalized spacial score (nSPS) is 16.1. The third-order valence-electron chi connectivity index (χ3n) is 2.58. The van der Waals surface area contributed by atoms with Crippen LogP contribution < -0.4 is 10.5 Å². The number of ether oxygens (including phenoxy) is 1.